The monoisotopic (exact) mass is 874 g/mol. The molecule has 0 spiro atoms. The number of hydrogen-bond donors (Lipinski definition) is 0. The van der Waals surface area contributed by atoms with E-state index in [4.69, 9.17) is 42.5 Å². The van der Waals surface area contributed by atoms with Crippen molar-refractivity contribution in [1.29, 1.82) is 0 Å². The second-order valence-electron chi connectivity index (χ2n) is 15.8. The molecular formula is C45H55N4O10PS. The molecular weight excluding hydrogens is 820 g/mol. The summed E-state index contributed by atoms with van der Waals surface area (Å²) in [6.07, 6.45) is 3.11. The Bertz CT molecular complexity index is 2180. The molecule has 7 atom stereocenters. The SMILES string of the molecule is COCCO[C@@H]1[C@H](OP2(=O)O[C@@H]3CCCC[C@H]3S2)[C@@H](COC(c2ccccc2)(c2ccc(OC)cc2)c2ccc(OC)cc2)O[C@H]1n1cc(C)c(N=C2CCCN2C)nc1=O. The van der Waals surface area contributed by atoms with Crippen LogP contribution in [0.15, 0.2) is 94.8 Å². The summed E-state index contributed by atoms with van der Waals surface area (Å²) in [6.45, 7) is -0.681. The Balaban J connectivity index is 1.22. The highest BCUT2D eigenvalue weighted by atomic mass is 32.7. The van der Waals surface area contributed by atoms with E-state index >= 15 is 0 Å². The molecule has 4 heterocycles. The Morgan fingerprint density at radius 1 is 0.885 bits per heavy atom. The molecule has 61 heavy (non-hydrogen) atoms. The Hall–Kier alpha value is -4.05. The van der Waals surface area contributed by atoms with E-state index in [-0.39, 0.29) is 31.2 Å². The topological polar surface area (TPSA) is 141 Å². The summed E-state index contributed by atoms with van der Waals surface area (Å²) in [4.78, 5) is 25.4. The molecule has 1 saturated carbocycles. The maximum Gasteiger partial charge on any atom is 0.390 e. The zero-order chi connectivity index (χ0) is 42.6. The van der Waals surface area contributed by atoms with Crippen molar-refractivity contribution in [3.05, 3.63) is 118 Å². The first-order valence-corrected chi connectivity index (χ1v) is 24.0. The van der Waals surface area contributed by atoms with Crippen LogP contribution in [0.2, 0.25) is 0 Å². The molecule has 3 aromatic carbocycles. The van der Waals surface area contributed by atoms with E-state index in [1.807, 2.05) is 92.8 Å². The molecule has 0 N–H and O–H groups in total. The van der Waals surface area contributed by atoms with E-state index in [2.05, 4.69) is 9.88 Å². The highest BCUT2D eigenvalue weighted by Gasteiger charge is 2.55. The predicted molar refractivity (Wildman–Crippen MR) is 233 cm³/mol. The van der Waals surface area contributed by atoms with Crippen molar-refractivity contribution in [1.82, 2.24) is 14.5 Å². The van der Waals surface area contributed by atoms with Crippen molar-refractivity contribution in [2.45, 2.75) is 86.9 Å². The third-order valence-corrected chi connectivity index (χ3v) is 16.1. The number of nitrogens with zero attached hydrogens (tertiary/aromatic N) is 4. The second kappa shape index (κ2) is 19.1. The first-order chi connectivity index (χ1) is 29.6. The average Bonchev–Trinajstić information content (AvgIpc) is 3.96. The quantitative estimate of drug-likeness (QED) is 0.0614. The van der Waals surface area contributed by atoms with E-state index < -0.39 is 42.6 Å². The van der Waals surface area contributed by atoms with Gasteiger partial charge < -0.3 is 33.3 Å². The van der Waals surface area contributed by atoms with Crippen LogP contribution in [0.4, 0.5) is 5.82 Å². The smallest absolute Gasteiger partial charge is 0.390 e. The summed E-state index contributed by atoms with van der Waals surface area (Å²) < 4.78 is 66.5. The lowest BCUT2D eigenvalue weighted by atomic mass is 9.80. The number of rotatable bonds is 16. The normalized spacial score (nSPS) is 27.1. The van der Waals surface area contributed by atoms with Gasteiger partial charge in [0.05, 0.1) is 40.1 Å². The molecule has 3 aliphatic heterocycles. The summed E-state index contributed by atoms with van der Waals surface area (Å²) in [5.41, 5.74) is 1.37. The molecule has 16 heteroatoms. The standard InChI is InChI=1S/C45H55N4O10PS/c1-30-28-49(44(50)47-42(30)46-39-16-11-25-48(39)2)43-41(55-27-26-52-3)40(59-60(51)58-36-14-9-10-15-38(36)61-60)37(57-43)29-56-45(31-12-7-6-8-13-31,32-17-21-34(53-4)22-18-32)33-19-23-35(54-5)24-20-33/h6-8,12-13,17-24,28,36-38,40-41,43H,9-11,14-16,25-27,29H2,1-5H3/t36-,37-,38-,40-,41-,43-,60?/m1/s1. The molecule has 8 rings (SSSR count). The lowest BCUT2D eigenvalue weighted by molar-refractivity contribution is -0.0991. The van der Waals surface area contributed by atoms with E-state index in [1.54, 1.807) is 27.5 Å². The van der Waals surface area contributed by atoms with Crippen molar-refractivity contribution < 1.29 is 42.0 Å². The Labute approximate surface area is 361 Å². The van der Waals surface area contributed by atoms with Gasteiger partial charge in [0.25, 0.3) is 0 Å². The van der Waals surface area contributed by atoms with Crippen LogP contribution in [0.5, 0.6) is 11.5 Å². The van der Waals surface area contributed by atoms with Crippen LogP contribution >= 0.6 is 18.2 Å². The molecule has 1 aliphatic carbocycles. The zero-order valence-electron chi connectivity index (χ0n) is 35.3. The summed E-state index contributed by atoms with van der Waals surface area (Å²) >= 11 is 1.27. The first-order valence-electron chi connectivity index (χ1n) is 20.9. The van der Waals surface area contributed by atoms with Crippen LogP contribution in [0, 0.1) is 6.92 Å². The number of aryl methyl sites for hydroxylation is 1. The molecule has 0 radical (unpaired) electrons. The number of aliphatic imine (C=N–C) groups is 1. The van der Waals surface area contributed by atoms with Gasteiger partial charge in [-0.05, 0) is 78.5 Å². The fourth-order valence-corrected chi connectivity index (χ4v) is 13.6. The van der Waals surface area contributed by atoms with Gasteiger partial charge in [-0.2, -0.15) is 4.98 Å². The number of hydrogen-bond acceptors (Lipinski definition) is 13. The molecule has 4 aromatic rings. The first kappa shape index (κ1) is 43.6. The molecule has 1 unspecified atom stereocenters. The molecule has 4 aliphatic rings. The number of amidine groups is 1. The summed E-state index contributed by atoms with van der Waals surface area (Å²) in [6, 6.07) is 25.4. The van der Waals surface area contributed by atoms with Gasteiger partial charge in [0.1, 0.15) is 41.2 Å². The van der Waals surface area contributed by atoms with Gasteiger partial charge in [0.2, 0.25) is 0 Å². The van der Waals surface area contributed by atoms with Gasteiger partial charge in [-0.25, -0.2) is 14.4 Å². The largest absolute Gasteiger partial charge is 0.497 e. The molecule has 14 nitrogen and oxygen atoms in total. The number of ether oxygens (including phenoxy) is 6. The third kappa shape index (κ3) is 9.21. The van der Waals surface area contributed by atoms with Crippen LogP contribution in [0.25, 0.3) is 0 Å². The minimum Gasteiger partial charge on any atom is -0.497 e. The zero-order valence-corrected chi connectivity index (χ0v) is 37.1. The van der Waals surface area contributed by atoms with Gasteiger partial charge in [-0.15, -0.1) is 0 Å². The molecule has 0 amide bonds. The lowest BCUT2D eigenvalue weighted by Gasteiger charge is -2.37. The maximum absolute atomic E-state index is 14.8. The number of likely N-dealkylation sites (tertiary alicyclic amines) is 1. The van der Waals surface area contributed by atoms with Crippen LogP contribution in [0.3, 0.4) is 0 Å². The van der Waals surface area contributed by atoms with Crippen molar-refractivity contribution >= 4 is 29.8 Å². The Kier molecular flexibility index (Phi) is 13.7. The molecule has 4 fully saturated rings. The minimum atomic E-state index is -3.75. The number of fused-ring (bicyclic) bond motifs is 1. The second-order valence-corrected chi connectivity index (χ2v) is 19.9. The van der Waals surface area contributed by atoms with Gasteiger partial charge >= 0.3 is 12.5 Å². The highest BCUT2D eigenvalue weighted by molar-refractivity contribution is 8.55. The van der Waals surface area contributed by atoms with E-state index in [1.165, 1.54) is 15.9 Å². The molecule has 326 valence electrons. The van der Waals surface area contributed by atoms with Crippen molar-refractivity contribution in [2.75, 3.05) is 54.7 Å². The van der Waals surface area contributed by atoms with Gasteiger partial charge in [0, 0.05) is 44.1 Å². The van der Waals surface area contributed by atoms with Crippen LogP contribution < -0.4 is 15.2 Å². The fraction of sp³-hybridized carbons (Fsp3) is 0.489. The Morgan fingerprint density at radius 3 is 2.18 bits per heavy atom. The predicted octanol–water partition coefficient (Wildman–Crippen LogP) is 7.83. The van der Waals surface area contributed by atoms with E-state index in [0.29, 0.717) is 22.9 Å². The summed E-state index contributed by atoms with van der Waals surface area (Å²) in [7, 11) is 6.83. The molecule has 0 bridgehead atoms. The number of benzene rings is 3. The van der Waals surface area contributed by atoms with Gasteiger partial charge in [-0.3, -0.25) is 13.6 Å². The van der Waals surface area contributed by atoms with Crippen molar-refractivity contribution in [3.8, 4) is 11.5 Å². The fourth-order valence-electron chi connectivity index (χ4n) is 8.69. The van der Waals surface area contributed by atoms with Crippen LogP contribution in [-0.4, -0.2) is 105 Å². The highest BCUT2D eigenvalue weighted by Crippen LogP contribution is 2.72. The molecule has 1 aromatic heterocycles. The maximum atomic E-state index is 14.8. The number of aromatic nitrogens is 2. The minimum absolute atomic E-state index is 0.0543. The van der Waals surface area contributed by atoms with Gasteiger partial charge in [0.15, 0.2) is 12.0 Å². The number of methoxy groups -OCH3 is 3. The van der Waals surface area contributed by atoms with Crippen LogP contribution in [-0.2, 0) is 38.2 Å². The summed E-state index contributed by atoms with van der Waals surface area (Å²) in [5, 5.41) is 0.0543. The van der Waals surface area contributed by atoms with Crippen LogP contribution in [0.1, 0.15) is 67.0 Å². The average molecular weight is 875 g/mol. The van der Waals surface area contributed by atoms with Crippen molar-refractivity contribution in [2.24, 2.45) is 4.99 Å². The van der Waals surface area contributed by atoms with E-state index in [9.17, 15) is 9.36 Å². The Morgan fingerprint density at radius 2 is 1.56 bits per heavy atom. The molecule has 3 saturated heterocycles. The van der Waals surface area contributed by atoms with E-state index in [0.717, 1.165) is 67.6 Å². The van der Waals surface area contributed by atoms with Gasteiger partial charge in [-0.1, -0.05) is 67.4 Å². The summed E-state index contributed by atoms with van der Waals surface area (Å²) in [5.74, 6) is 2.61. The van der Waals surface area contributed by atoms with Crippen molar-refractivity contribution in [3.63, 3.8) is 0 Å². The third-order valence-electron chi connectivity index (χ3n) is 11.9. The lowest BCUT2D eigenvalue weighted by Crippen LogP contribution is -2.42.